The van der Waals surface area contributed by atoms with Crippen molar-refractivity contribution in [1.29, 1.82) is 0 Å². The second-order valence-corrected chi connectivity index (χ2v) is 4.92. The van der Waals surface area contributed by atoms with E-state index in [0.29, 0.717) is 43.0 Å². The highest BCUT2D eigenvalue weighted by Crippen LogP contribution is 2.18. The van der Waals surface area contributed by atoms with Gasteiger partial charge in [0.15, 0.2) is 0 Å². The highest BCUT2D eigenvalue weighted by Gasteiger charge is 2.12. The average molecular weight is 321 g/mol. The molecule has 0 aliphatic rings. The summed E-state index contributed by atoms with van der Waals surface area (Å²) in [6, 6.07) is 3.52. The third-order valence-electron chi connectivity index (χ3n) is 2.76. The molecule has 0 bridgehead atoms. The van der Waals surface area contributed by atoms with E-state index < -0.39 is 0 Å². The molecule has 0 saturated carbocycles. The minimum atomic E-state index is -0.243. The van der Waals surface area contributed by atoms with Crippen molar-refractivity contribution < 1.29 is 14.3 Å². The average Bonchev–Trinajstić information content (AvgIpc) is 2.43. The minimum absolute atomic E-state index is 0.243. The van der Waals surface area contributed by atoms with Gasteiger partial charge in [0.2, 0.25) is 0 Å². The number of carbonyl (C=O) groups excluding carboxylic acids is 1. The van der Waals surface area contributed by atoms with Crippen LogP contribution in [0.3, 0.4) is 0 Å². The van der Waals surface area contributed by atoms with Gasteiger partial charge < -0.3 is 9.47 Å². The van der Waals surface area contributed by atoms with E-state index in [1.807, 2.05) is 6.07 Å². The fraction of sp³-hybridized carbons (Fsp3) is 0.538. The van der Waals surface area contributed by atoms with Gasteiger partial charge in [-0.15, -0.1) is 0 Å². The molecular weight excluding hydrogens is 303 g/mol. The van der Waals surface area contributed by atoms with Crippen molar-refractivity contribution in [3.05, 3.63) is 28.0 Å². The Hall–Kier alpha value is -0.880. The predicted molar refractivity (Wildman–Crippen MR) is 78.0 cm³/mol. The first-order valence-corrected chi connectivity index (χ1v) is 6.91. The molecule has 0 N–H and O–H groups in total. The Morgan fingerprint density at radius 1 is 1.30 bits per heavy atom. The fourth-order valence-corrected chi connectivity index (χ4v) is 2.05. The Morgan fingerprint density at radius 3 is 2.65 bits per heavy atom. The molecule has 0 aliphatic carbocycles. The van der Waals surface area contributed by atoms with Gasteiger partial charge in [0, 0.05) is 32.3 Å². The van der Waals surface area contributed by atoms with Crippen LogP contribution in [0.25, 0.3) is 0 Å². The Morgan fingerprint density at radius 2 is 2.05 bits per heavy atom. The molecule has 5 nitrogen and oxygen atoms in total. The lowest BCUT2D eigenvalue weighted by Gasteiger charge is -2.21. The van der Waals surface area contributed by atoms with Gasteiger partial charge in [-0.1, -0.05) is 29.3 Å². The number of methoxy groups -OCH3 is 2. The van der Waals surface area contributed by atoms with Gasteiger partial charge in [-0.2, -0.15) is 0 Å². The van der Waals surface area contributed by atoms with E-state index in [1.54, 1.807) is 13.2 Å². The lowest BCUT2D eigenvalue weighted by Crippen LogP contribution is -2.29. The molecule has 1 aromatic heterocycles. The molecule has 1 rings (SSSR count). The van der Waals surface area contributed by atoms with Crippen molar-refractivity contribution in [3.8, 4) is 0 Å². The molecule has 0 aliphatic heterocycles. The Labute approximate surface area is 128 Å². The smallest absolute Gasteiger partial charge is 0.306 e. The molecule has 0 saturated heterocycles. The van der Waals surface area contributed by atoms with Crippen molar-refractivity contribution in [2.24, 2.45) is 0 Å². The molecule has 0 spiro atoms. The standard InChI is InChI=1S/C13H18Cl2N2O3/c1-19-8-7-17(6-5-12(18)20-2)9-10-3-4-11(14)16-13(10)15/h3-4H,5-9H2,1-2H3. The molecule has 0 atom stereocenters. The third-order valence-corrected chi connectivity index (χ3v) is 3.30. The molecule has 0 amide bonds. The number of esters is 1. The van der Waals surface area contributed by atoms with Crippen LogP contribution in [-0.4, -0.2) is 49.8 Å². The summed E-state index contributed by atoms with van der Waals surface area (Å²) < 4.78 is 9.71. The zero-order chi connectivity index (χ0) is 15.0. The van der Waals surface area contributed by atoms with Gasteiger partial charge >= 0.3 is 5.97 Å². The summed E-state index contributed by atoms with van der Waals surface area (Å²) in [7, 11) is 3.01. The summed E-state index contributed by atoms with van der Waals surface area (Å²) in [5.74, 6) is -0.243. The molecule has 0 fully saturated rings. The highest BCUT2D eigenvalue weighted by atomic mass is 35.5. The molecule has 0 aromatic carbocycles. The third kappa shape index (κ3) is 6.05. The molecule has 1 heterocycles. The number of hydrogen-bond donors (Lipinski definition) is 0. The van der Waals surface area contributed by atoms with E-state index in [2.05, 4.69) is 14.6 Å². The van der Waals surface area contributed by atoms with E-state index in [4.69, 9.17) is 27.9 Å². The first-order valence-electron chi connectivity index (χ1n) is 6.16. The molecular formula is C13H18Cl2N2O3. The summed E-state index contributed by atoms with van der Waals surface area (Å²) in [6.45, 7) is 2.39. The van der Waals surface area contributed by atoms with E-state index in [1.165, 1.54) is 7.11 Å². The number of hydrogen-bond acceptors (Lipinski definition) is 5. The number of pyridine rings is 1. The van der Waals surface area contributed by atoms with Crippen LogP contribution in [0, 0.1) is 0 Å². The Kier molecular flexibility index (Phi) is 7.84. The highest BCUT2D eigenvalue weighted by molar-refractivity contribution is 6.32. The van der Waals surface area contributed by atoms with Gasteiger partial charge in [0.1, 0.15) is 10.3 Å². The predicted octanol–water partition coefficient (Wildman–Crippen LogP) is 2.40. The van der Waals surface area contributed by atoms with Crippen LogP contribution < -0.4 is 0 Å². The molecule has 7 heteroatoms. The summed E-state index contributed by atoms with van der Waals surface area (Å²) in [5.41, 5.74) is 0.858. The number of ether oxygens (including phenoxy) is 2. The van der Waals surface area contributed by atoms with Crippen LogP contribution in [0.15, 0.2) is 12.1 Å². The van der Waals surface area contributed by atoms with Crippen molar-refractivity contribution in [1.82, 2.24) is 9.88 Å². The van der Waals surface area contributed by atoms with Crippen molar-refractivity contribution >= 4 is 29.2 Å². The molecule has 0 radical (unpaired) electrons. The van der Waals surface area contributed by atoms with Gasteiger partial charge in [0.25, 0.3) is 0 Å². The molecule has 20 heavy (non-hydrogen) atoms. The lowest BCUT2D eigenvalue weighted by atomic mass is 10.2. The quantitative estimate of drug-likeness (QED) is 0.544. The van der Waals surface area contributed by atoms with Crippen molar-refractivity contribution in [2.45, 2.75) is 13.0 Å². The summed E-state index contributed by atoms with van der Waals surface area (Å²) in [4.78, 5) is 17.3. The zero-order valence-electron chi connectivity index (χ0n) is 11.6. The Bertz CT molecular complexity index is 444. The maximum atomic E-state index is 11.2. The van der Waals surface area contributed by atoms with Crippen LogP contribution in [-0.2, 0) is 20.8 Å². The largest absolute Gasteiger partial charge is 0.469 e. The van der Waals surface area contributed by atoms with E-state index in [0.717, 1.165) is 5.56 Å². The second-order valence-electron chi connectivity index (χ2n) is 4.18. The SMILES string of the molecule is COCCN(CCC(=O)OC)Cc1ccc(Cl)nc1Cl. The van der Waals surface area contributed by atoms with Gasteiger partial charge in [-0.3, -0.25) is 9.69 Å². The second kappa shape index (κ2) is 9.13. The summed E-state index contributed by atoms with van der Waals surface area (Å²) >= 11 is 11.8. The maximum Gasteiger partial charge on any atom is 0.306 e. The topological polar surface area (TPSA) is 51.7 Å². The van der Waals surface area contributed by atoms with Gasteiger partial charge in [-0.05, 0) is 6.07 Å². The van der Waals surface area contributed by atoms with Crippen LogP contribution in [0.2, 0.25) is 10.3 Å². The number of nitrogens with zero attached hydrogens (tertiary/aromatic N) is 2. The monoisotopic (exact) mass is 320 g/mol. The van der Waals surface area contributed by atoms with Crippen LogP contribution in [0.1, 0.15) is 12.0 Å². The Balaban J connectivity index is 2.65. The fourth-order valence-electron chi connectivity index (χ4n) is 1.64. The van der Waals surface area contributed by atoms with Crippen molar-refractivity contribution in [3.63, 3.8) is 0 Å². The summed E-state index contributed by atoms with van der Waals surface area (Å²) in [6.07, 6.45) is 0.318. The lowest BCUT2D eigenvalue weighted by molar-refractivity contribution is -0.141. The van der Waals surface area contributed by atoms with Gasteiger partial charge in [-0.25, -0.2) is 4.98 Å². The maximum absolute atomic E-state index is 11.2. The van der Waals surface area contributed by atoms with E-state index in [9.17, 15) is 4.79 Å². The number of aromatic nitrogens is 1. The molecule has 112 valence electrons. The first-order chi connectivity index (χ1) is 9.56. The van der Waals surface area contributed by atoms with Crippen LogP contribution in [0.4, 0.5) is 0 Å². The number of carbonyl (C=O) groups is 1. The molecule has 0 unspecified atom stereocenters. The van der Waals surface area contributed by atoms with Crippen LogP contribution in [0.5, 0.6) is 0 Å². The summed E-state index contributed by atoms with van der Waals surface area (Å²) in [5, 5.41) is 0.731. The normalized spacial score (nSPS) is 10.8. The van der Waals surface area contributed by atoms with Crippen LogP contribution >= 0.6 is 23.2 Å². The zero-order valence-corrected chi connectivity index (χ0v) is 13.1. The minimum Gasteiger partial charge on any atom is -0.469 e. The van der Waals surface area contributed by atoms with E-state index >= 15 is 0 Å². The van der Waals surface area contributed by atoms with E-state index in [-0.39, 0.29) is 5.97 Å². The first kappa shape index (κ1) is 17.2. The van der Waals surface area contributed by atoms with Gasteiger partial charge in [0.05, 0.1) is 20.1 Å². The van der Waals surface area contributed by atoms with Crippen molar-refractivity contribution in [2.75, 3.05) is 33.9 Å². The number of rotatable bonds is 8. The number of halogens is 2. The molecule has 1 aromatic rings.